The van der Waals surface area contributed by atoms with E-state index >= 15 is 0 Å². The van der Waals surface area contributed by atoms with Crippen LogP contribution in [0.15, 0.2) is 23.8 Å². The Labute approximate surface area is 179 Å². The summed E-state index contributed by atoms with van der Waals surface area (Å²) in [7, 11) is 0. The van der Waals surface area contributed by atoms with Crippen molar-refractivity contribution in [3.05, 3.63) is 61.9 Å². The molecule has 0 saturated carbocycles. The van der Waals surface area contributed by atoms with Crippen LogP contribution in [-0.4, -0.2) is 30.1 Å². The molecule has 0 saturated heterocycles. The summed E-state index contributed by atoms with van der Waals surface area (Å²) in [6.07, 6.45) is 1.60. The van der Waals surface area contributed by atoms with Crippen molar-refractivity contribution in [1.29, 1.82) is 5.26 Å². The van der Waals surface area contributed by atoms with Crippen LogP contribution in [0.5, 0.6) is 0 Å². The molecule has 0 radical (unpaired) electrons. The van der Waals surface area contributed by atoms with Crippen LogP contribution in [-0.2, 0) is 20.7 Å². The number of nitrogens with one attached hydrogen (secondary N) is 1. The molecule has 0 bridgehead atoms. The standard InChI is InChI=1S/C21H20Cl2N2O4/c1-4-28-20(26)14(11-24)10-18-16(9-13-8-15(22)6-7-17(13)23)19(12(3)25-18)21(27)29-5-2/h6-8,10,25H,4-5,9H2,1-3H3/b14-10+. The van der Waals surface area contributed by atoms with E-state index in [0.717, 1.165) is 0 Å². The molecule has 0 amide bonds. The average molecular weight is 435 g/mol. The van der Waals surface area contributed by atoms with Crippen LogP contribution in [0.4, 0.5) is 0 Å². The lowest BCUT2D eigenvalue weighted by atomic mass is 9.99. The Morgan fingerprint density at radius 2 is 1.90 bits per heavy atom. The van der Waals surface area contributed by atoms with Gasteiger partial charge in [-0.05, 0) is 56.2 Å². The second kappa shape index (κ2) is 10.1. The van der Waals surface area contributed by atoms with Crippen molar-refractivity contribution in [2.24, 2.45) is 0 Å². The highest BCUT2D eigenvalue weighted by molar-refractivity contribution is 6.33. The topological polar surface area (TPSA) is 92.2 Å². The van der Waals surface area contributed by atoms with Crippen LogP contribution in [0.25, 0.3) is 6.08 Å². The third-order valence-corrected chi connectivity index (χ3v) is 4.69. The number of aromatic nitrogens is 1. The molecule has 0 unspecified atom stereocenters. The fourth-order valence-electron chi connectivity index (χ4n) is 2.85. The number of nitriles is 1. The third-order valence-electron chi connectivity index (χ3n) is 4.08. The molecule has 152 valence electrons. The lowest BCUT2D eigenvalue weighted by Gasteiger charge is -2.09. The predicted molar refractivity (Wildman–Crippen MR) is 111 cm³/mol. The van der Waals surface area contributed by atoms with E-state index in [1.54, 1.807) is 39.0 Å². The van der Waals surface area contributed by atoms with Gasteiger partial charge >= 0.3 is 11.9 Å². The molecule has 1 N–H and O–H groups in total. The van der Waals surface area contributed by atoms with Crippen molar-refractivity contribution in [1.82, 2.24) is 4.98 Å². The molecule has 0 atom stereocenters. The number of nitrogens with zero attached hydrogens (tertiary/aromatic N) is 1. The molecule has 1 aromatic heterocycles. The van der Waals surface area contributed by atoms with E-state index in [-0.39, 0.29) is 25.2 Å². The molecular formula is C21H20Cl2N2O4. The molecule has 1 aromatic carbocycles. The molecule has 2 rings (SSSR count). The number of benzene rings is 1. The number of aromatic amines is 1. The van der Waals surface area contributed by atoms with Crippen LogP contribution in [0.3, 0.4) is 0 Å². The number of hydrogen-bond acceptors (Lipinski definition) is 5. The van der Waals surface area contributed by atoms with E-state index in [4.69, 9.17) is 32.7 Å². The van der Waals surface area contributed by atoms with Crippen LogP contribution >= 0.6 is 23.2 Å². The van der Waals surface area contributed by atoms with Crippen molar-refractivity contribution in [2.75, 3.05) is 13.2 Å². The van der Waals surface area contributed by atoms with Crippen LogP contribution in [0.2, 0.25) is 10.0 Å². The first kappa shape index (κ1) is 22.5. The summed E-state index contributed by atoms with van der Waals surface area (Å²) >= 11 is 12.4. The van der Waals surface area contributed by atoms with Crippen LogP contribution < -0.4 is 0 Å². The number of esters is 2. The van der Waals surface area contributed by atoms with Gasteiger partial charge in [-0.1, -0.05) is 23.2 Å². The number of aryl methyl sites for hydroxylation is 1. The number of carbonyl (C=O) groups is 2. The molecule has 0 aliphatic rings. The zero-order valence-corrected chi connectivity index (χ0v) is 17.8. The molecule has 29 heavy (non-hydrogen) atoms. The Morgan fingerprint density at radius 3 is 2.52 bits per heavy atom. The van der Waals surface area contributed by atoms with Crippen molar-refractivity contribution in [3.63, 3.8) is 0 Å². The number of hydrogen-bond donors (Lipinski definition) is 1. The lowest BCUT2D eigenvalue weighted by Crippen LogP contribution is -2.09. The SMILES string of the molecule is CCOC(=O)/C(C#N)=C/c1[nH]c(C)c(C(=O)OCC)c1Cc1cc(Cl)ccc1Cl. The zero-order valence-electron chi connectivity index (χ0n) is 16.3. The number of ether oxygens (including phenoxy) is 2. The minimum Gasteiger partial charge on any atom is -0.462 e. The monoisotopic (exact) mass is 434 g/mol. The third kappa shape index (κ3) is 5.41. The zero-order chi connectivity index (χ0) is 21.6. The van der Waals surface area contributed by atoms with Gasteiger partial charge < -0.3 is 14.5 Å². The van der Waals surface area contributed by atoms with Gasteiger partial charge in [0.05, 0.1) is 18.8 Å². The van der Waals surface area contributed by atoms with Gasteiger partial charge in [0.25, 0.3) is 0 Å². The van der Waals surface area contributed by atoms with Gasteiger partial charge in [0.2, 0.25) is 0 Å². The van der Waals surface area contributed by atoms with E-state index in [1.165, 1.54) is 6.08 Å². The molecule has 0 spiro atoms. The second-order valence-electron chi connectivity index (χ2n) is 6.04. The number of H-pyrrole nitrogens is 1. The predicted octanol–water partition coefficient (Wildman–Crippen LogP) is 4.87. The first-order chi connectivity index (χ1) is 13.8. The van der Waals surface area contributed by atoms with Gasteiger partial charge in [-0.2, -0.15) is 5.26 Å². The van der Waals surface area contributed by atoms with Gasteiger partial charge in [-0.15, -0.1) is 0 Å². The van der Waals surface area contributed by atoms with Crippen molar-refractivity contribution in [3.8, 4) is 6.07 Å². The molecular weight excluding hydrogens is 415 g/mol. The summed E-state index contributed by atoms with van der Waals surface area (Å²) in [6.45, 7) is 5.42. The Bertz CT molecular complexity index is 1000. The highest BCUT2D eigenvalue weighted by Crippen LogP contribution is 2.29. The first-order valence-corrected chi connectivity index (χ1v) is 9.69. The lowest BCUT2D eigenvalue weighted by molar-refractivity contribution is -0.137. The minimum absolute atomic E-state index is 0.140. The molecule has 1 heterocycles. The van der Waals surface area contributed by atoms with Crippen molar-refractivity contribution >= 4 is 41.2 Å². The fourth-order valence-corrected chi connectivity index (χ4v) is 3.23. The normalized spacial score (nSPS) is 11.1. The smallest absolute Gasteiger partial charge is 0.348 e. The molecule has 0 aliphatic carbocycles. The van der Waals surface area contributed by atoms with Gasteiger partial charge in [0.15, 0.2) is 0 Å². The maximum atomic E-state index is 12.6. The number of rotatable bonds is 7. The summed E-state index contributed by atoms with van der Waals surface area (Å²) in [4.78, 5) is 27.6. The van der Waals surface area contributed by atoms with Gasteiger partial charge in [0, 0.05) is 27.9 Å². The summed E-state index contributed by atoms with van der Waals surface area (Å²) in [5.74, 6) is -1.25. The minimum atomic E-state index is -0.744. The fraction of sp³-hybridized carbons (Fsp3) is 0.286. The van der Waals surface area contributed by atoms with E-state index in [1.807, 2.05) is 6.07 Å². The van der Waals surface area contributed by atoms with E-state index < -0.39 is 11.9 Å². The van der Waals surface area contributed by atoms with Crippen molar-refractivity contribution < 1.29 is 19.1 Å². The first-order valence-electron chi connectivity index (χ1n) is 8.93. The highest BCUT2D eigenvalue weighted by Gasteiger charge is 2.23. The largest absolute Gasteiger partial charge is 0.462 e. The second-order valence-corrected chi connectivity index (χ2v) is 6.88. The molecule has 0 fully saturated rings. The Morgan fingerprint density at radius 1 is 1.21 bits per heavy atom. The quantitative estimate of drug-likeness (QED) is 0.381. The van der Waals surface area contributed by atoms with Gasteiger partial charge in [-0.25, -0.2) is 9.59 Å². The Hall–Kier alpha value is -2.75. The van der Waals surface area contributed by atoms with E-state index in [2.05, 4.69) is 4.98 Å². The number of carbonyl (C=O) groups excluding carboxylic acids is 2. The highest BCUT2D eigenvalue weighted by atomic mass is 35.5. The molecule has 0 aliphatic heterocycles. The summed E-state index contributed by atoms with van der Waals surface area (Å²) in [5.41, 5.74) is 2.34. The molecule has 6 nitrogen and oxygen atoms in total. The summed E-state index contributed by atoms with van der Waals surface area (Å²) in [5, 5.41) is 10.3. The van der Waals surface area contributed by atoms with Crippen LogP contribution in [0.1, 0.15) is 46.7 Å². The summed E-state index contributed by atoms with van der Waals surface area (Å²) in [6, 6.07) is 6.86. The van der Waals surface area contributed by atoms with Crippen LogP contribution in [0, 0.1) is 18.3 Å². The van der Waals surface area contributed by atoms with Crippen molar-refractivity contribution in [2.45, 2.75) is 27.2 Å². The van der Waals surface area contributed by atoms with Gasteiger partial charge in [-0.3, -0.25) is 0 Å². The van der Waals surface area contributed by atoms with E-state index in [9.17, 15) is 14.9 Å². The van der Waals surface area contributed by atoms with Gasteiger partial charge in [0.1, 0.15) is 11.6 Å². The maximum absolute atomic E-state index is 12.6. The molecule has 8 heteroatoms. The Balaban J connectivity index is 2.64. The summed E-state index contributed by atoms with van der Waals surface area (Å²) < 4.78 is 10.1. The Kier molecular flexibility index (Phi) is 7.89. The number of halogens is 2. The average Bonchev–Trinajstić information content (AvgIpc) is 2.97. The maximum Gasteiger partial charge on any atom is 0.348 e. The van der Waals surface area contributed by atoms with E-state index in [0.29, 0.717) is 38.1 Å². The molecule has 2 aromatic rings.